The molecule has 170 valence electrons. The number of rotatable bonds is 2. The van der Waals surface area contributed by atoms with Gasteiger partial charge in [0, 0.05) is 30.1 Å². The molecule has 2 aliphatic heterocycles. The first-order chi connectivity index (χ1) is 15.8. The highest BCUT2D eigenvalue weighted by Gasteiger charge is 2.77. The molecule has 4 atom stereocenters. The molecule has 3 aliphatic carbocycles. The number of hydrogen-bond donors (Lipinski definition) is 2. The van der Waals surface area contributed by atoms with Gasteiger partial charge in [0.2, 0.25) is 0 Å². The summed E-state index contributed by atoms with van der Waals surface area (Å²) in [5.74, 6) is 0.585. The second-order valence-electron chi connectivity index (χ2n) is 11.2. The highest BCUT2D eigenvalue weighted by Crippen LogP contribution is 2.68. The summed E-state index contributed by atoms with van der Waals surface area (Å²) >= 11 is 0. The number of aromatic hydroxyl groups is 1. The predicted octanol–water partition coefficient (Wildman–Crippen LogP) is 3.09. The van der Waals surface area contributed by atoms with E-state index < -0.39 is 22.5 Å². The van der Waals surface area contributed by atoms with Gasteiger partial charge in [0.05, 0.1) is 11.0 Å². The topological polar surface area (TPSA) is 70.0 Å². The molecule has 33 heavy (non-hydrogen) atoms. The van der Waals surface area contributed by atoms with Crippen molar-refractivity contribution in [3.8, 4) is 11.5 Å². The van der Waals surface area contributed by atoms with E-state index in [1.807, 2.05) is 25.1 Å². The number of phenols is 1. The maximum absolute atomic E-state index is 14.3. The van der Waals surface area contributed by atoms with Gasteiger partial charge in [-0.3, -0.25) is 9.69 Å². The second kappa shape index (κ2) is 6.08. The van der Waals surface area contributed by atoms with Crippen molar-refractivity contribution in [1.29, 1.82) is 0 Å². The summed E-state index contributed by atoms with van der Waals surface area (Å²) in [7, 11) is 0. The van der Waals surface area contributed by atoms with Gasteiger partial charge in [-0.25, -0.2) is 0 Å². The minimum Gasteiger partial charge on any atom is -0.504 e. The zero-order chi connectivity index (χ0) is 22.8. The van der Waals surface area contributed by atoms with Gasteiger partial charge in [-0.05, 0) is 61.8 Å². The molecule has 1 saturated heterocycles. The van der Waals surface area contributed by atoms with Gasteiger partial charge >= 0.3 is 0 Å². The zero-order valence-corrected chi connectivity index (χ0v) is 18.9. The number of phenolic OH excluding ortho intramolecular Hbond substituents is 1. The Kier molecular flexibility index (Phi) is 3.65. The number of likely N-dealkylation sites (tertiary alicyclic amines) is 1. The van der Waals surface area contributed by atoms with Gasteiger partial charge < -0.3 is 14.9 Å². The van der Waals surface area contributed by atoms with E-state index in [2.05, 4.69) is 23.6 Å². The van der Waals surface area contributed by atoms with E-state index in [9.17, 15) is 15.0 Å². The summed E-state index contributed by atoms with van der Waals surface area (Å²) in [6.07, 6.45) is 2.27. The number of benzene rings is 2. The number of hydrogen-bond acceptors (Lipinski definition) is 5. The lowest BCUT2D eigenvalue weighted by atomic mass is 9.44. The lowest BCUT2D eigenvalue weighted by molar-refractivity contribution is -0.208. The van der Waals surface area contributed by atoms with Crippen LogP contribution < -0.4 is 4.74 Å². The van der Waals surface area contributed by atoms with E-state index >= 15 is 0 Å². The number of Topliss-reactive ketones (excluding diaryl/α,β-unsaturated/α-hetero) is 1. The molecule has 2 aromatic carbocycles. The third-order valence-corrected chi connectivity index (χ3v) is 9.34. The van der Waals surface area contributed by atoms with Crippen molar-refractivity contribution in [3.05, 3.63) is 70.8 Å². The monoisotopic (exact) mass is 443 g/mol. The molecule has 5 nitrogen and oxygen atoms in total. The highest BCUT2D eigenvalue weighted by atomic mass is 16.5. The number of piperidine rings is 1. The largest absolute Gasteiger partial charge is 0.504 e. The average molecular weight is 444 g/mol. The molecule has 5 heteroatoms. The summed E-state index contributed by atoms with van der Waals surface area (Å²) < 4.78 is 6.39. The highest BCUT2D eigenvalue weighted by molar-refractivity contribution is 5.96. The molecule has 2 fully saturated rings. The molecule has 1 saturated carbocycles. The normalized spacial score (nSPS) is 34.7. The Morgan fingerprint density at radius 2 is 1.91 bits per heavy atom. The molecule has 0 aromatic heterocycles. The predicted molar refractivity (Wildman–Crippen MR) is 124 cm³/mol. The number of aliphatic hydroxyl groups is 1. The fraction of sp³-hybridized carbons (Fsp3) is 0.464. The molecule has 0 unspecified atom stereocenters. The maximum Gasteiger partial charge on any atom is 0.181 e. The quantitative estimate of drug-likeness (QED) is 0.698. The lowest BCUT2D eigenvalue weighted by Crippen LogP contribution is -2.79. The fourth-order valence-electron chi connectivity index (χ4n) is 8.20. The van der Waals surface area contributed by atoms with Crippen molar-refractivity contribution in [2.45, 2.75) is 62.2 Å². The van der Waals surface area contributed by atoms with Crippen LogP contribution in [0.25, 0.3) is 0 Å². The van der Waals surface area contributed by atoms with Gasteiger partial charge in [-0.15, -0.1) is 0 Å². The minimum absolute atomic E-state index is 0.0687. The van der Waals surface area contributed by atoms with Crippen LogP contribution >= 0.6 is 0 Å². The Labute approximate surface area is 193 Å². The fourth-order valence-corrected chi connectivity index (χ4v) is 8.20. The summed E-state index contributed by atoms with van der Waals surface area (Å²) in [4.78, 5) is 16.7. The summed E-state index contributed by atoms with van der Waals surface area (Å²) in [6.45, 7) is 7.67. The van der Waals surface area contributed by atoms with Gasteiger partial charge in [0.25, 0.3) is 0 Å². The van der Waals surface area contributed by atoms with E-state index in [1.165, 1.54) is 11.1 Å². The van der Waals surface area contributed by atoms with Crippen LogP contribution in [0, 0.1) is 5.41 Å². The summed E-state index contributed by atoms with van der Waals surface area (Å²) in [5, 5.41) is 23.5. The Balaban J connectivity index is 1.45. The summed E-state index contributed by atoms with van der Waals surface area (Å²) in [5.41, 5.74) is 2.85. The van der Waals surface area contributed by atoms with Crippen molar-refractivity contribution in [2.24, 2.45) is 5.41 Å². The third kappa shape index (κ3) is 2.18. The smallest absolute Gasteiger partial charge is 0.181 e. The number of carbonyl (C=O) groups excluding carboxylic acids is 1. The van der Waals surface area contributed by atoms with Gasteiger partial charge in [0.15, 0.2) is 23.4 Å². The van der Waals surface area contributed by atoms with E-state index in [4.69, 9.17) is 4.74 Å². The minimum atomic E-state index is -1.12. The molecule has 0 radical (unpaired) electrons. The molecule has 7 rings (SSSR count). The van der Waals surface area contributed by atoms with Crippen LogP contribution in [0.4, 0.5) is 0 Å². The van der Waals surface area contributed by atoms with E-state index in [0.29, 0.717) is 37.9 Å². The molecule has 0 amide bonds. The zero-order valence-electron chi connectivity index (χ0n) is 18.9. The van der Waals surface area contributed by atoms with Crippen molar-refractivity contribution in [1.82, 2.24) is 4.90 Å². The molecular weight excluding hydrogens is 414 g/mol. The van der Waals surface area contributed by atoms with E-state index in [1.54, 1.807) is 6.07 Å². The number of nitrogens with zero attached hydrogens (tertiary/aromatic N) is 1. The van der Waals surface area contributed by atoms with Crippen molar-refractivity contribution >= 4 is 5.78 Å². The van der Waals surface area contributed by atoms with Crippen LogP contribution in [0.1, 0.15) is 42.0 Å². The number of ketones is 1. The first-order valence-electron chi connectivity index (χ1n) is 12.0. The van der Waals surface area contributed by atoms with Crippen LogP contribution in [-0.4, -0.2) is 51.7 Å². The molecule has 2 N–H and O–H groups in total. The van der Waals surface area contributed by atoms with Crippen molar-refractivity contribution in [2.75, 3.05) is 13.1 Å². The van der Waals surface area contributed by atoms with Crippen LogP contribution in [-0.2, 0) is 29.5 Å². The van der Waals surface area contributed by atoms with Crippen LogP contribution in [0.2, 0.25) is 0 Å². The van der Waals surface area contributed by atoms with Crippen LogP contribution in [0.5, 0.6) is 11.5 Å². The molecule has 2 spiro atoms. The van der Waals surface area contributed by atoms with Crippen LogP contribution in [0.15, 0.2) is 48.6 Å². The Morgan fingerprint density at radius 1 is 1.18 bits per heavy atom. The first kappa shape index (κ1) is 19.8. The molecule has 2 bridgehead atoms. The number of carbonyl (C=O) groups is 1. The maximum atomic E-state index is 14.3. The Bertz CT molecular complexity index is 1230. The van der Waals surface area contributed by atoms with Gasteiger partial charge in [-0.2, -0.15) is 0 Å². The third-order valence-electron chi connectivity index (χ3n) is 9.34. The summed E-state index contributed by atoms with van der Waals surface area (Å²) in [6, 6.07) is 11.8. The Hall–Kier alpha value is -2.63. The first-order valence-corrected chi connectivity index (χ1v) is 12.0. The molecular formula is C28H29NO4. The van der Waals surface area contributed by atoms with E-state index in [0.717, 1.165) is 29.8 Å². The SMILES string of the molecule is C=C(C)CN1CC[C@]23c4c5ccc(O)c4O[C@H]2C(=O)C2(Cc4ccccc4C2)C[C@@]3(O)[C@H]1C5. The Morgan fingerprint density at radius 3 is 2.61 bits per heavy atom. The van der Waals surface area contributed by atoms with Gasteiger partial charge in [0.1, 0.15) is 0 Å². The lowest BCUT2D eigenvalue weighted by Gasteiger charge is -2.65. The van der Waals surface area contributed by atoms with Crippen molar-refractivity contribution < 1.29 is 19.7 Å². The van der Waals surface area contributed by atoms with E-state index in [-0.39, 0.29) is 17.6 Å². The second-order valence-corrected chi connectivity index (χ2v) is 11.2. The molecule has 2 aromatic rings. The number of ether oxygens (including phenoxy) is 1. The van der Waals surface area contributed by atoms with Gasteiger partial charge in [-0.1, -0.05) is 42.5 Å². The number of fused-ring (bicyclic) bond motifs is 1. The standard InChI is InChI=1S/C28H29NO4/c1-16(2)14-29-10-9-27-22-17-7-8-20(30)23(22)33-25(27)24(31)26(15-28(27,32)21(29)11-17)12-18-5-3-4-6-19(18)13-26/h3-8,21,25,30,32H,1,9-15H2,2H3/t21-,25+,27+,28-/m1/s1. The van der Waals surface area contributed by atoms with Crippen molar-refractivity contribution in [3.63, 3.8) is 0 Å². The average Bonchev–Trinajstić information content (AvgIpc) is 3.31. The molecule has 2 heterocycles. The van der Waals surface area contributed by atoms with Crippen LogP contribution in [0.3, 0.4) is 0 Å². The molecule has 5 aliphatic rings.